The molecule has 0 saturated carbocycles. The van der Waals surface area contributed by atoms with E-state index in [4.69, 9.17) is 26.1 Å². The number of benzene rings is 3. The minimum Gasteiger partial charge on any atom is -0.493 e. The molecule has 6 heteroatoms. The van der Waals surface area contributed by atoms with E-state index in [0.29, 0.717) is 27.9 Å². The summed E-state index contributed by atoms with van der Waals surface area (Å²) < 4.78 is 12.7. The molecule has 0 fully saturated rings. The van der Waals surface area contributed by atoms with Crippen molar-refractivity contribution in [2.45, 2.75) is 6.54 Å². The van der Waals surface area contributed by atoms with Gasteiger partial charge in [0.05, 0.1) is 31.8 Å². The van der Waals surface area contributed by atoms with E-state index < -0.39 is 0 Å². The van der Waals surface area contributed by atoms with Gasteiger partial charge in [0.25, 0.3) is 0 Å². The lowest BCUT2D eigenvalue weighted by Gasteiger charge is -2.12. The first kappa shape index (κ1) is 19.0. The lowest BCUT2D eigenvalue weighted by molar-refractivity contribution is 0.0974. The molecule has 0 unspecified atom stereocenters. The SMILES string of the molecule is COc1ccc(-c2nc3ccccc3n2CC(=O)c2ccc(Cl)cc2)cc1OC. The van der Waals surface area contributed by atoms with Crippen LogP contribution in [0.5, 0.6) is 11.5 Å². The number of aromatic nitrogens is 2. The third-order valence-electron chi connectivity index (χ3n) is 4.76. The lowest BCUT2D eigenvalue weighted by atomic mass is 10.1. The maximum absolute atomic E-state index is 12.9. The first-order valence-corrected chi connectivity index (χ1v) is 9.45. The average Bonchev–Trinajstić information content (AvgIpc) is 3.12. The van der Waals surface area contributed by atoms with Crippen LogP contribution in [0.3, 0.4) is 0 Å². The van der Waals surface area contributed by atoms with Gasteiger partial charge < -0.3 is 14.0 Å². The molecule has 0 aliphatic heterocycles. The summed E-state index contributed by atoms with van der Waals surface area (Å²) in [7, 11) is 3.19. The van der Waals surface area contributed by atoms with Gasteiger partial charge in [-0.2, -0.15) is 0 Å². The first-order chi connectivity index (χ1) is 14.1. The smallest absolute Gasteiger partial charge is 0.182 e. The Hall–Kier alpha value is -3.31. The van der Waals surface area contributed by atoms with E-state index in [-0.39, 0.29) is 12.3 Å². The Morgan fingerprint density at radius 1 is 0.966 bits per heavy atom. The predicted octanol–water partition coefficient (Wildman–Crippen LogP) is 5.26. The van der Waals surface area contributed by atoms with E-state index >= 15 is 0 Å². The average molecular weight is 407 g/mol. The Balaban J connectivity index is 1.81. The first-order valence-electron chi connectivity index (χ1n) is 9.07. The Kier molecular flexibility index (Phi) is 5.23. The van der Waals surface area contributed by atoms with Gasteiger partial charge in [0.1, 0.15) is 5.82 Å². The normalized spacial score (nSPS) is 10.9. The quantitative estimate of drug-likeness (QED) is 0.410. The number of nitrogens with zero attached hydrogens (tertiary/aromatic N) is 2. The molecule has 0 N–H and O–H groups in total. The van der Waals surface area contributed by atoms with Gasteiger partial charge in [0.2, 0.25) is 0 Å². The fraction of sp³-hybridized carbons (Fsp3) is 0.130. The maximum Gasteiger partial charge on any atom is 0.182 e. The van der Waals surface area contributed by atoms with Gasteiger partial charge in [-0.3, -0.25) is 4.79 Å². The highest BCUT2D eigenvalue weighted by Crippen LogP contribution is 2.33. The summed E-state index contributed by atoms with van der Waals surface area (Å²) >= 11 is 5.95. The molecule has 0 bridgehead atoms. The van der Waals surface area contributed by atoms with Crippen molar-refractivity contribution in [1.29, 1.82) is 0 Å². The summed E-state index contributed by atoms with van der Waals surface area (Å²) in [5.74, 6) is 1.91. The molecule has 5 nitrogen and oxygen atoms in total. The van der Waals surface area contributed by atoms with Crippen LogP contribution in [0.4, 0.5) is 0 Å². The third kappa shape index (κ3) is 3.69. The van der Waals surface area contributed by atoms with E-state index in [9.17, 15) is 4.79 Å². The van der Waals surface area contributed by atoms with Crippen LogP contribution in [0.25, 0.3) is 22.4 Å². The van der Waals surface area contributed by atoms with Crippen LogP contribution >= 0.6 is 11.6 Å². The predicted molar refractivity (Wildman–Crippen MR) is 114 cm³/mol. The minimum atomic E-state index is -0.0217. The second-order valence-electron chi connectivity index (χ2n) is 6.51. The second kappa shape index (κ2) is 7.97. The summed E-state index contributed by atoms with van der Waals surface area (Å²) in [5, 5.41) is 0.598. The molecule has 0 aliphatic rings. The molecule has 1 heterocycles. The number of ether oxygens (including phenoxy) is 2. The number of para-hydroxylation sites is 2. The fourth-order valence-corrected chi connectivity index (χ4v) is 3.43. The zero-order valence-electron chi connectivity index (χ0n) is 16.1. The Morgan fingerprint density at radius 2 is 1.69 bits per heavy atom. The fourth-order valence-electron chi connectivity index (χ4n) is 3.30. The highest BCUT2D eigenvalue weighted by Gasteiger charge is 2.17. The molecule has 1 aromatic heterocycles. The van der Waals surface area contributed by atoms with Crippen LogP contribution in [-0.2, 0) is 6.54 Å². The van der Waals surface area contributed by atoms with Gasteiger partial charge in [0, 0.05) is 16.1 Å². The van der Waals surface area contributed by atoms with Crippen LogP contribution in [-0.4, -0.2) is 29.6 Å². The van der Waals surface area contributed by atoms with Crippen molar-refractivity contribution in [1.82, 2.24) is 9.55 Å². The van der Waals surface area contributed by atoms with E-state index in [1.807, 2.05) is 47.0 Å². The van der Waals surface area contributed by atoms with E-state index in [1.165, 1.54) is 0 Å². The van der Waals surface area contributed by atoms with Gasteiger partial charge in [-0.05, 0) is 54.6 Å². The number of methoxy groups -OCH3 is 2. The molecule has 0 radical (unpaired) electrons. The number of hydrogen-bond donors (Lipinski definition) is 0. The van der Waals surface area contributed by atoms with Crippen molar-refractivity contribution < 1.29 is 14.3 Å². The molecule has 4 aromatic rings. The van der Waals surface area contributed by atoms with Crippen LogP contribution in [0.1, 0.15) is 10.4 Å². The zero-order valence-corrected chi connectivity index (χ0v) is 16.8. The summed E-state index contributed by atoms with van der Waals surface area (Å²) in [4.78, 5) is 17.7. The molecule has 146 valence electrons. The number of halogens is 1. The monoisotopic (exact) mass is 406 g/mol. The van der Waals surface area contributed by atoms with Crippen molar-refractivity contribution in [3.05, 3.63) is 77.3 Å². The molecule has 0 atom stereocenters. The molecular formula is C23H19ClN2O3. The van der Waals surface area contributed by atoms with Crippen LogP contribution in [0.15, 0.2) is 66.7 Å². The number of ketones is 1. The van der Waals surface area contributed by atoms with Crippen molar-refractivity contribution in [3.8, 4) is 22.9 Å². The molecule has 0 aliphatic carbocycles. The Labute approximate surface area is 173 Å². The number of rotatable bonds is 6. The highest BCUT2D eigenvalue weighted by atomic mass is 35.5. The van der Waals surface area contributed by atoms with Crippen LogP contribution < -0.4 is 9.47 Å². The van der Waals surface area contributed by atoms with Gasteiger partial charge in [-0.1, -0.05) is 23.7 Å². The van der Waals surface area contributed by atoms with Crippen LogP contribution in [0.2, 0.25) is 5.02 Å². The summed E-state index contributed by atoms with van der Waals surface area (Å²) in [5.41, 5.74) is 3.15. The van der Waals surface area contributed by atoms with Crippen molar-refractivity contribution in [2.75, 3.05) is 14.2 Å². The standard InChI is InChI=1S/C23H19ClN2O3/c1-28-21-12-9-16(13-22(21)29-2)23-25-18-5-3-4-6-19(18)26(23)14-20(27)15-7-10-17(24)11-8-15/h3-13H,14H2,1-2H3. The summed E-state index contributed by atoms with van der Waals surface area (Å²) in [6.07, 6.45) is 0. The second-order valence-corrected chi connectivity index (χ2v) is 6.95. The largest absolute Gasteiger partial charge is 0.493 e. The zero-order chi connectivity index (χ0) is 20.4. The molecule has 0 spiro atoms. The molecular weight excluding hydrogens is 388 g/mol. The van der Waals surface area contributed by atoms with E-state index in [1.54, 1.807) is 38.5 Å². The maximum atomic E-state index is 12.9. The van der Waals surface area contributed by atoms with Crippen molar-refractivity contribution >= 4 is 28.4 Å². The number of imidazole rings is 1. The molecule has 4 rings (SSSR count). The van der Waals surface area contributed by atoms with E-state index in [2.05, 4.69) is 0 Å². The highest BCUT2D eigenvalue weighted by molar-refractivity contribution is 6.30. The van der Waals surface area contributed by atoms with Gasteiger partial charge in [-0.25, -0.2) is 4.98 Å². The molecule has 3 aromatic carbocycles. The minimum absolute atomic E-state index is 0.0217. The van der Waals surface area contributed by atoms with Gasteiger partial charge >= 0.3 is 0 Å². The number of Topliss-reactive ketones (excluding diaryl/α,β-unsaturated/α-hetero) is 1. The molecule has 0 amide bonds. The lowest BCUT2D eigenvalue weighted by Crippen LogP contribution is -2.11. The Morgan fingerprint density at radius 3 is 2.41 bits per heavy atom. The summed E-state index contributed by atoms with van der Waals surface area (Å²) in [6.45, 7) is 0.159. The number of hydrogen-bond acceptors (Lipinski definition) is 4. The van der Waals surface area contributed by atoms with Gasteiger partial charge in [0.15, 0.2) is 17.3 Å². The number of carbonyl (C=O) groups excluding carboxylic acids is 1. The number of carbonyl (C=O) groups is 1. The number of fused-ring (bicyclic) bond motifs is 1. The summed E-state index contributed by atoms with van der Waals surface area (Å²) in [6, 6.07) is 20.3. The van der Waals surface area contributed by atoms with Crippen LogP contribution in [0, 0.1) is 0 Å². The third-order valence-corrected chi connectivity index (χ3v) is 5.02. The van der Waals surface area contributed by atoms with Crippen molar-refractivity contribution in [2.24, 2.45) is 0 Å². The molecule has 29 heavy (non-hydrogen) atoms. The topological polar surface area (TPSA) is 53.4 Å². The van der Waals surface area contributed by atoms with E-state index in [0.717, 1.165) is 16.6 Å². The Bertz CT molecular complexity index is 1180. The molecule has 0 saturated heterocycles. The van der Waals surface area contributed by atoms with Gasteiger partial charge in [-0.15, -0.1) is 0 Å². The van der Waals surface area contributed by atoms with Crippen molar-refractivity contribution in [3.63, 3.8) is 0 Å².